The highest BCUT2D eigenvalue weighted by Crippen LogP contribution is 2.23. The summed E-state index contributed by atoms with van der Waals surface area (Å²) in [5, 5.41) is 6.76. The maximum Gasteiger partial charge on any atom is 0.248 e. The molecule has 4 N–H and O–H groups in total. The Kier molecular flexibility index (Phi) is 7.50. The van der Waals surface area contributed by atoms with E-state index < -0.39 is 5.91 Å². The number of primary amides is 1. The molecule has 32 heavy (non-hydrogen) atoms. The molecule has 0 saturated carbocycles. The minimum atomic E-state index is -0.473. The van der Waals surface area contributed by atoms with E-state index in [0.717, 1.165) is 37.3 Å². The molecule has 9 heteroatoms. The Morgan fingerprint density at radius 2 is 1.94 bits per heavy atom. The van der Waals surface area contributed by atoms with Crippen LogP contribution in [0.15, 0.2) is 18.2 Å². The smallest absolute Gasteiger partial charge is 0.248 e. The first-order valence-corrected chi connectivity index (χ1v) is 11.3. The molecule has 0 aliphatic carbocycles. The van der Waals surface area contributed by atoms with Crippen LogP contribution in [0.2, 0.25) is 0 Å². The fraction of sp³-hybridized carbons (Fsp3) is 0.565. The van der Waals surface area contributed by atoms with Gasteiger partial charge in [0.1, 0.15) is 0 Å². The topological polar surface area (TPSA) is 112 Å². The number of hydrogen-bond acceptors (Lipinski definition) is 8. The number of amides is 1. The van der Waals surface area contributed by atoms with Crippen molar-refractivity contribution in [3.63, 3.8) is 0 Å². The number of nitrogens with two attached hydrogens (primary N) is 1. The summed E-state index contributed by atoms with van der Waals surface area (Å²) in [4.78, 5) is 30.1. The molecular formula is C23H36N8O. The summed E-state index contributed by atoms with van der Waals surface area (Å²) >= 11 is 0. The zero-order valence-electron chi connectivity index (χ0n) is 20.0. The lowest BCUT2D eigenvalue weighted by atomic mass is 10.1. The van der Waals surface area contributed by atoms with Crippen LogP contribution in [0, 0.1) is 12.8 Å². The first-order chi connectivity index (χ1) is 15.1. The highest BCUT2D eigenvalue weighted by atomic mass is 16.1. The Morgan fingerprint density at radius 3 is 2.56 bits per heavy atom. The van der Waals surface area contributed by atoms with Crippen LogP contribution in [0.25, 0.3) is 0 Å². The molecule has 1 aromatic carbocycles. The van der Waals surface area contributed by atoms with E-state index in [1.165, 1.54) is 0 Å². The number of aromatic nitrogens is 3. The number of carbonyl (C=O) groups excluding carboxylic acids is 1. The van der Waals surface area contributed by atoms with Gasteiger partial charge in [0.05, 0.1) is 0 Å². The number of anilines is 4. The van der Waals surface area contributed by atoms with Crippen LogP contribution in [0.5, 0.6) is 0 Å². The quantitative estimate of drug-likeness (QED) is 0.545. The van der Waals surface area contributed by atoms with Crippen molar-refractivity contribution >= 4 is 29.4 Å². The van der Waals surface area contributed by atoms with E-state index in [4.69, 9.17) is 5.73 Å². The lowest BCUT2D eigenvalue weighted by Gasteiger charge is -2.22. The molecule has 1 atom stereocenters. The van der Waals surface area contributed by atoms with Crippen LogP contribution in [-0.4, -0.2) is 64.5 Å². The van der Waals surface area contributed by atoms with E-state index in [1.54, 1.807) is 12.1 Å². The number of aryl methyl sites for hydroxylation is 1. The molecule has 1 aliphatic rings. The van der Waals surface area contributed by atoms with E-state index in [2.05, 4.69) is 58.2 Å². The fourth-order valence-electron chi connectivity index (χ4n) is 3.87. The Hall–Kier alpha value is -2.94. The molecule has 0 radical (unpaired) electrons. The van der Waals surface area contributed by atoms with Gasteiger partial charge in [-0.2, -0.15) is 15.0 Å². The molecular weight excluding hydrogens is 404 g/mol. The second-order valence-electron chi connectivity index (χ2n) is 9.29. The second kappa shape index (κ2) is 10.1. The molecule has 174 valence electrons. The summed E-state index contributed by atoms with van der Waals surface area (Å²) in [7, 11) is 1.98. The van der Waals surface area contributed by atoms with Crippen LogP contribution >= 0.6 is 0 Å². The van der Waals surface area contributed by atoms with E-state index >= 15 is 0 Å². The maximum absolute atomic E-state index is 11.6. The van der Waals surface area contributed by atoms with Gasteiger partial charge < -0.3 is 21.3 Å². The number of likely N-dealkylation sites (tertiary alicyclic amines) is 1. The average molecular weight is 441 g/mol. The summed E-state index contributed by atoms with van der Waals surface area (Å²) < 4.78 is 0. The molecule has 0 spiro atoms. The number of rotatable bonds is 9. The Bertz CT molecular complexity index is 946. The number of nitrogens with one attached hydrogen (secondary N) is 2. The normalized spacial score (nSPS) is 16.6. The third kappa shape index (κ3) is 6.06. The zero-order valence-corrected chi connectivity index (χ0v) is 20.0. The van der Waals surface area contributed by atoms with Crippen LogP contribution in [0.1, 0.15) is 50.0 Å². The number of nitrogens with zero attached hydrogens (tertiary/aromatic N) is 5. The lowest BCUT2D eigenvalue weighted by molar-refractivity contribution is 0.100. The molecule has 1 fully saturated rings. The Morgan fingerprint density at radius 1 is 1.22 bits per heavy atom. The molecule has 1 saturated heterocycles. The van der Waals surface area contributed by atoms with Crippen molar-refractivity contribution in [2.24, 2.45) is 11.7 Å². The monoisotopic (exact) mass is 440 g/mol. The maximum atomic E-state index is 11.6. The second-order valence-corrected chi connectivity index (χ2v) is 9.29. The predicted molar refractivity (Wildman–Crippen MR) is 130 cm³/mol. The Labute approximate surface area is 190 Å². The largest absolute Gasteiger partial charge is 0.366 e. The van der Waals surface area contributed by atoms with Gasteiger partial charge >= 0.3 is 0 Å². The van der Waals surface area contributed by atoms with E-state index in [9.17, 15) is 4.79 Å². The van der Waals surface area contributed by atoms with Gasteiger partial charge in [-0.1, -0.05) is 19.9 Å². The van der Waals surface area contributed by atoms with E-state index in [-0.39, 0.29) is 6.04 Å². The van der Waals surface area contributed by atoms with Crippen LogP contribution in [0.4, 0.5) is 23.5 Å². The van der Waals surface area contributed by atoms with Gasteiger partial charge in [-0.25, -0.2) is 0 Å². The summed E-state index contributed by atoms with van der Waals surface area (Å²) in [6.45, 7) is 13.6. The molecule has 1 unspecified atom stereocenters. The van der Waals surface area contributed by atoms with Crippen molar-refractivity contribution in [1.29, 1.82) is 0 Å². The summed E-state index contributed by atoms with van der Waals surface area (Å²) in [5.41, 5.74) is 7.59. The van der Waals surface area contributed by atoms with Crippen LogP contribution < -0.4 is 21.3 Å². The molecule has 9 nitrogen and oxygen atoms in total. The van der Waals surface area contributed by atoms with Gasteiger partial charge in [0, 0.05) is 50.0 Å². The van der Waals surface area contributed by atoms with Crippen molar-refractivity contribution in [3.8, 4) is 0 Å². The predicted octanol–water partition coefficient (Wildman–Crippen LogP) is 3.01. The van der Waals surface area contributed by atoms with Crippen LogP contribution in [-0.2, 0) is 0 Å². The van der Waals surface area contributed by atoms with Gasteiger partial charge in [-0.05, 0) is 50.8 Å². The third-order valence-electron chi connectivity index (χ3n) is 5.66. The van der Waals surface area contributed by atoms with Crippen molar-refractivity contribution in [2.75, 3.05) is 42.2 Å². The van der Waals surface area contributed by atoms with Gasteiger partial charge in [-0.15, -0.1) is 0 Å². The van der Waals surface area contributed by atoms with Crippen molar-refractivity contribution in [3.05, 3.63) is 29.3 Å². The molecule has 1 aromatic heterocycles. The molecule has 3 rings (SSSR count). The highest BCUT2D eigenvalue weighted by molar-refractivity contribution is 5.94. The number of benzene rings is 1. The highest BCUT2D eigenvalue weighted by Gasteiger charge is 2.25. The third-order valence-corrected chi connectivity index (χ3v) is 5.66. The lowest BCUT2D eigenvalue weighted by Crippen LogP contribution is -2.32. The zero-order chi connectivity index (χ0) is 23.4. The SMILES string of the molecule is Cc1ccc(C(N)=O)cc1Nc1nc(NC2CCN(C(C)C)C2)nc(N(C)CC(C)C)n1. The average Bonchev–Trinajstić information content (AvgIpc) is 3.17. The van der Waals surface area contributed by atoms with Crippen LogP contribution in [0.3, 0.4) is 0 Å². The van der Waals surface area contributed by atoms with Gasteiger partial charge in [0.25, 0.3) is 0 Å². The van der Waals surface area contributed by atoms with Gasteiger partial charge in [-0.3, -0.25) is 9.69 Å². The summed E-state index contributed by atoms with van der Waals surface area (Å²) in [6, 6.07) is 6.10. The molecule has 1 amide bonds. The molecule has 0 bridgehead atoms. The fourth-order valence-corrected chi connectivity index (χ4v) is 3.87. The van der Waals surface area contributed by atoms with Crippen molar-refractivity contribution in [2.45, 2.75) is 53.1 Å². The minimum Gasteiger partial charge on any atom is -0.366 e. The minimum absolute atomic E-state index is 0.288. The van der Waals surface area contributed by atoms with Gasteiger partial charge in [0.2, 0.25) is 23.8 Å². The summed E-state index contributed by atoms with van der Waals surface area (Å²) in [6.07, 6.45) is 1.05. The first-order valence-electron chi connectivity index (χ1n) is 11.3. The summed E-state index contributed by atoms with van der Waals surface area (Å²) in [5.74, 6) is 1.57. The van der Waals surface area contributed by atoms with E-state index in [0.29, 0.717) is 35.4 Å². The number of carbonyl (C=O) groups is 1. The standard InChI is InChI=1S/C23H36N8O/c1-14(2)12-30(6)23-28-21(25-18-9-10-31(13-18)15(3)4)27-22(29-23)26-19-11-17(20(24)32)8-7-16(19)5/h7-8,11,14-15,18H,9-10,12-13H2,1-6H3,(H2,24,32)(H2,25,26,27,28,29). The first kappa shape index (κ1) is 23.7. The number of hydrogen-bond donors (Lipinski definition) is 3. The van der Waals surface area contributed by atoms with Crippen molar-refractivity contribution < 1.29 is 4.79 Å². The molecule has 1 aliphatic heterocycles. The van der Waals surface area contributed by atoms with E-state index in [1.807, 2.05) is 24.9 Å². The molecule has 2 heterocycles. The van der Waals surface area contributed by atoms with Crippen molar-refractivity contribution in [1.82, 2.24) is 19.9 Å². The molecule has 2 aromatic rings. The van der Waals surface area contributed by atoms with Gasteiger partial charge in [0.15, 0.2) is 0 Å². The Balaban J connectivity index is 1.88.